The van der Waals surface area contributed by atoms with E-state index in [9.17, 15) is 9.59 Å². The monoisotopic (exact) mass is 360 g/mol. The van der Waals surface area contributed by atoms with E-state index in [0.29, 0.717) is 12.3 Å². The van der Waals surface area contributed by atoms with E-state index in [4.69, 9.17) is 5.11 Å². The number of piperidine rings is 1. The lowest BCUT2D eigenvalue weighted by Crippen LogP contribution is -2.48. The van der Waals surface area contributed by atoms with Crippen LogP contribution in [0.3, 0.4) is 0 Å². The largest absolute Gasteiger partial charge is 0.480 e. The van der Waals surface area contributed by atoms with Gasteiger partial charge in [0.15, 0.2) is 0 Å². The number of benzene rings is 1. The van der Waals surface area contributed by atoms with Gasteiger partial charge in [-0.25, -0.2) is 0 Å². The van der Waals surface area contributed by atoms with Crippen LogP contribution in [0.5, 0.6) is 0 Å². The molecule has 0 atom stereocenters. The van der Waals surface area contributed by atoms with Gasteiger partial charge in [-0.3, -0.25) is 14.5 Å². The van der Waals surface area contributed by atoms with Crippen molar-refractivity contribution < 1.29 is 14.7 Å². The molecule has 1 saturated heterocycles. The Morgan fingerprint density at radius 1 is 1.19 bits per heavy atom. The first kappa shape index (κ1) is 20.4. The average molecular weight is 360 g/mol. The Kier molecular flexibility index (Phi) is 7.64. The second-order valence-electron chi connectivity index (χ2n) is 7.47. The van der Waals surface area contributed by atoms with Crippen molar-refractivity contribution in [3.8, 4) is 0 Å². The molecule has 0 aliphatic carbocycles. The van der Waals surface area contributed by atoms with Gasteiger partial charge < -0.3 is 10.0 Å². The molecule has 2 rings (SSSR count). The summed E-state index contributed by atoms with van der Waals surface area (Å²) in [7, 11) is 0. The maximum absolute atomic E-state index is 12.5. The highest BCUT2D eigenvalue weighted by Crippen LogP contribution is 2.19. The molecule has 1 heterocycles. The van der Waals surface area contributed by atoms with E-state index in [0.717, 1.165) is 38.9 Å². The fourth-order valence-corrected chi connectivity index (χ4v) is 3.63. The first-order chi connectivity index (χ1) is 12.4. The first-order valence-corrected chi connectivity index (χ1v) is 9.73. The molecule has 0 saturated carbocycles. The van der Waals surface area contributed by atoms with Crippen molar-refractivity contribution in [2.45, 2.75) is 58.4 Å². The Morgan fingerprint density at radius 2 is 1.81 bits per heavy atom. The lowest BCUT2D eigenvalue weighted by atomic mass is 9.99. The third-order valence-corrected chi connectivity index (χ3v) is 5.35. The summed E-state index contributed by atoms with van der Waals surface area (Å²) in [5.74, 6) is -0.0534. The van der Waals surface area contributed by atoms with Crippen LogP contribution in [0.4, 0.5) is 0 Å². The minimum Gasteiger partial charge on any atom is -0.480 e. The van der Waals surface area contributed by atoms with Gasteiger partial charge in [0.1, 0.15) is 0 Å². The molecule has 0 radical (unpaired) electrons. The van der Waals surface area contributed by atoms with E-state index < -0.39 is 5.97 Å². The van der Waals surface area contributed by atoms with Crippen LogP contribution in [0.1, 0.15) is 57.1 Å². The second-order valence-corrected chi connectivity index (χ2v) is 7.47. The number of carbonyl (C=O) groups excluding carboxylic acids is 1. The minimum atomic E-state index is -0.783. The van der Waals surface area contributed by atoms with Gasteiger partial charge in [0.25, 0.3) is 0 Å². The molecule has 5 nitrogen and oxygen atoms in total. The Morgan fingerprint density at radius 3 is 2.31 bits per heavy atom. The van der Waals surface area contributed by atoms with Crippen LogP contribution in [0.2, 0.25) is 0 Å². The topological polar surface area (TPSA) is 60.9 Å². The van der Waals surface area contributed by atoms with Crippen LogP contribution in [-0.2, 0) is 16.0 Å². The van der Waals surface area contributed by atoms with Gasteiger partial charge in [0, 0.05) is 25.6 Å². The molecule has 1 aliphatic heterocycles. The fourth-order valence-electron chi connectivity index (χ4n) is 3.63. The van der Waals surface area contributed by atoms with Gasteiger partial charge in [-0.15, -0.1) is 0 Å². The Bertz CT molecular complexity index is 590. The molecule has 5 heteroatoms. The summed E-state index contributed by atoms with van der Waals surface area (Å²) in [5.41, 5.74) is 2.53. The number of carboxylic acids is 1. The zero-order valence-electron chi connectivity index (χ0n) is 16.3. The smallest absolute Gasteiger partial charge is 0.317 e. The fraction of sp³-hybridized carbons (Fsp3) is 0.619. The van der Waals surface area contributed by atoms with Gasteiger partial charge in [-0.2, -0.15) is 0 Å². The standard InChI is InChI=1S/C21H32N2O3/c1-4-22(15-21(25)26)19-11-13-23(14-12-19)20(24)10-7-17-5-8-18(9-6-17)16(2)3/h5-6,8-9,16,19H,4,7,10-15H2,1-3H3,(H,25,26). The predicted octanol–water partition coefficient (Wildman–Crippen LogP) is 3.14. The van der Waals surface area contributed by atoms with Crippen molar-refractivity contribution in [3.05, 3.63) is 35.4 Å². The van der Waals surface area contributed by atoms with Crippen molar-refractivity contribution in [3.63, 3.8) is 0 Å². The summed E-state index contributed by atoms with van der Waals surface area (Å²) in [6, 6.07) is 8.82. The molecular formula is C21H32N2O3. The lowest BCUT2D eigenvalue weighted by molar-refractivity contribution is -0.140. The molecule has 0 bridgehead atoms. The number of amides is 1. The summed E-state index contributed by atoms with van der Waals surface area (Å²) in [5, 5.41) is 9.01. The molecule has 1 aliphatic rings. The Labute approximate surface area is 157 Å². The normalized spacial score (nSPS) is 15.7. The average Bonchev–Trinajstić information content (AvgIpc) is 2.64. The third-order valence-electron chi connectivity index (χ3n) is 5.35. The molecule has 1 fully saturated rings. The molecule has 1 aromatic carbocycles. The van der Waals surface area contributed by atoms with Crippen LogP contribution in [0.15, 0.2) is 24.3 Å². The highest BCUT2D eigenvalue weighted by atomic mass is 16.4. The molecule has 0 unspecified atom stereocenters. The van der Waals surface area contributed by atoms with Crippen LogP contribution in [0.25, 0.3) is 0 Å². The number of nitrogens with zero attached hydrogens (tertiary/aromatic N) is 2. The van der Waals surface area contributed by atoms with Crippen LogP contribution >= 0.6 is 0 Å². The number of likely N-dealkylation sites (tertiary alicyclic amines) is 1. The number of rotatable bonds is 8. The molecule has 1 amide bonds. The summed E-state index contributed by atoms with van der Waals surface area (Å²) >= 11 is 0. The van der Waals surface area contributed by atoms with Gasteiger partial charge in [-0.05, 0) is 42.9 Å². The van der Waals surface area contributed by atoms with Crippen molar-refractivity contribution >= 4 is 11.9 Å². The number of hydrogen-bond acceptors (Lipinski definition) is 3. The van der Waals surface area contributed by atoms with Crippen molar-refractivity contribution in [2.75, 3.05) is 26.2 Å². The van der Waals surface area contributed by atoms with Gasteiger partial charge >= 0.3 is 5.97 Å². The maximum atomic E-state index is 12.5. The van der Waals surface area contributed by atoms with E-state index in [1.807, 2.05) is 16.7 Å². The van der Waals surface area contributed by atoms with E-state index in [1.54, 1.807) is 0 Å². The Hall–Kier alpha value is -1.88. The van der Waals surface area contributed by atoms with Gasteiger partial charge in [-0.1, -0.05) is 45.0 Å². The minimum absolute atomic E-state index is 0.0848. The van der Waals surface area contributed by atoms with E-state index in [1.165, 1.54) is 11.1 Å². The lowest BCUT2D eigenvalue weighted by Gasteiger charge is -2.37. The van der Waals surface area contributed by atoms with Gasteiger partial charge in [0.05, 0.1) is 6.54 Å². The van der Waals surface area contributed by atoms with Crippen LogP contribution in [-0.4, -0.2) is 59.0 Å². The quantitative estimate of drug-likeness (QED) is 0.774. The summed E-state index contributed by atoms with van der Waals surface area (Å²) < 4.78 is 0. The van der Waals surface area contributed by atoms with E-state index in [-0.39, 0.29) is 18.5 Å². The molecular weight excluding hydrogens is 328 g/mol. The molecule has 1 aromatic rings. The predicted molar refractivity (Wildman–Crippen MR) is 103 cm³/mol. The highest BCUT2D eigenvalue weighted by molar-refractivity contribution is 5.76. The molecule has 26 heavy (non-hydrogen) atoms. The molecule has 0 spiro atoms. The molecule has 0 aromatic heterocycles. The number of carboxylic acid groups (broad SMARTS) is 1. The second kappa shape index (κ2) is 9.72. The number of hydrogen-bond donors (Lipinski definition) is 1. The summed E-state index contributed by atoms with van der Waals surface area (Å²) in [4.78, 5) is 27.4. The van der Waals surface area contributed by atoms with Crippen LogP contribution in [0, 0.1) is 0 Å². The molecule has 144 valence electrons. The number of carbonyl (C=O) groups is 2. The van der Waals surface area contributed by atoms with E-state index >= 15 is 0 Å². The maximum Gasteiger partial charge on any atom is 0.317 e. The van der Waals surface area contributed by atoms with Crippen molar-refractivity contribution in [2.24, 2.45) is 0 Å². The van der Waals surface area contributed by atoms with Crippen molar-refractivity contribution in [1.82, 2.24) is 9.80 Å². The number of aryl methyl sites for hydroxylation is 1. The summed E-state index contributed by atoms with van der Waals surface area (Å²) in [6.45, 7) is 8.62. The first-order valence-electron chi connectivity index (χ1n) is 9.73. The zero-order valence-corrected chi connectivity index (χ0v) is 16.3. The number of aliphatic carboxylic acids is 1. The van der Waals surface area contributed by atoms with Crippen LogP contribution < -0.4 is 0 Å². The Balaban J connectivity index is 1.78. The molecule has 1 N–H and O–H groups in total. The number of likely N-dealkylation sites (N-methyl/N-ethyl adjacent to an activating group) is 1. The van der Waals surface area contributed by atoms with E-state index in [2.05, 4.69) is 38.1 Å². The zero-order chi connectivity index (χ0) is 19.1. The SMILES string of the molecule is CCN(CC(=O)O)C1CCN(C(=O)CCc2ccc(C(C)C)cc2)CC1. The summed E-state index contributed by atoms with van der Waals surface area (Å²) in [6.07, 6.45) is 3.03. The highest BCUT2D eigenvalue weighted by Gasteiger charge is 2.26. The third kappa shape index (κ3) is 5.84. The van der Waals surface area contributed by atoms with Gasteiger partial charge in [0.2, 0.25) is 5.91 Å². The van der Waals surface area contributed by atoms with Crippen molar-refractivity contribution in [1.29, 1.82) is 0 Å².